The lowest BCUT2D eigenvalue weighted by Crippen LogP contribution is -2.42. The number of carboxylic acid groups (broad SMARTS) is 1. The van der Waals surface area contributed by atoms with Crippen LogP contribution in [-0.2, 0) is 5.60 Å². The van der Waals surface area contributed by atoms with E-state index in [9.17, 15) is 28.2 Å². The largest absolute Gasteiger partial charge is 0.478 e. The van der Waals surface area contributed by atoms with Gasteiger partial charge < -0.3 is 10.2 Å². The van der Waals surface area contributed by atoms with Crippen LogP contribution >= 0.6 is 0 Å². The molecule has 0 aliphatic heterocycles. The van der Waals surface area contributed by atoms with Crippen molar-refractivity contribution in [2.75, 3.05) is 0 Å². The van der Waals surface area contributed by atoms with Crippen molar-refractivity contribution in [1.29, 1.82) is 0 Å². The minimum Gasteiger partial charge on any atom is -0.478 e. The molecule has 2 aromatic carbocycles. The number of aromatic carboxylic acids is 1. The molecule has 3 rings (SSSR count). The molecule has 3 nitrogen and oxygen atoms in total. The second kappa shape index (κ2) is 4.83. The molecule has 0 heterocycles. The number of hydrogen-bond acceptors (Lipinski definition) is 2. The summed E-state index contributed by atoms with van der Waals surface area (Å²) in [5.41, 5.74) is -2.72. The molecule has 1 atom stereocenters. The van der Waals surface area contributed by atoms with Crippen molar-refractivity contribution >= 4 is 5.97 Å². The van der Waals surface area contributed by atoms with E-state index in [0.29, 0.717) is 11.1 Å². The number of carboxylic acids is 1. The zero-order valence-electron chi connectivity index (χ0n) is 13.2. The summed E-state index contributed by atoms with van der Waals surface area (Å²) in [7, 11) is 0. The molecule has 0 saturated heterocycles. The molecule has 1 aliphatic carbocycles. The zero-order valence-corrected chi connectivity index (χ0v) is 13.2. The zero-order chi connectivity index (χ0) is 18.0. The van der Waals surface area contributed by atoms with Gasteiger partial charge in [-0.1, -0.05) is 24.3 Å². The van der Waals surface area contributed by atoms with Crippen molar-refractivity contribution in [3.63, 3.8) is 0 Å². The highest BCUT2D eigenvalue weighted by molar-refractivity contribution is 5.96. The van der Waals surface area contributed by atoms with Crippen LogP contribution in [0, 0.1) is 20.8 Å². The van der Waals surface area contributed by atoms with Gasteiger partial charge in [-0.15, -0.1) is 0 Å². The lowest BCUT2D eigenvalue weighted by molar-refractivity contribution is -0.247. The van der Waals surface area contributed by atoms with E-state index in [2.05, 4.69) is 0 Å². The molecule has 126 valence electrons. The molecule has 1 unspecified atom stereocenters. The number of carbonyl (C=O) groups is 1. The van der Waals surface area contributed by atoms with E-state index in [1.807, 2.05) is 0 Å². The predicted octanol–water partition coefficient (Wildman–Crippen LogP) is 4.09. The second-order valence-electron chi connectivity index (χ2n) is 6.06. The van der Waals surface area contributed by atoms with E-state index < -0.39 is 17.7 Å². The van der Waals surface area contributed by atoms with Gasteiger partial charge in [0.05, 0.1) is 5.56 Å². The van der Waals surface area contributed by atoms with Crippen molar-refractivity contribution in [1.82, 2.24) is 0 Å². The molecule has 0 aromatic heterocycles. The van der Waals surface area contributed by atoms with Gasteiger partial charge in [-0.25, -0.2) is 4.79 Å². The molecule has 0 saturated carbocycles. The number of halogens is 3. The average Bonchev–Trinajstić information content (AvgIpc) is 2.76. The van der Waals surface area contributed by atoms with Crippen LogP contribution in [0.25, 0.3) is 11.1 Å². The number of rotatable bonds is 1. The van der Waals surface area contributed by atoms with Gasteiger partial charge in [0.1, 0.15) is 0 Å². The van der Waals surface area contributed by atoms with E-state index in [-0.39, 0.29) is 33.4 Å². The summed E-state index contributed by atoms with van der Waals surface area (Å²) >= 11 is 0. The Kier molecular flexibility index (Phi) is 3.32. The van der Waals surface area contributed by atoms with Gasteiger partial charge >= 0.3 is 12.1 Å². The average molecular weight is 336 g/mol. The predicted molar refractivity (Wildman–Crippen MR) is 82.1 cm³/mol. The fourth-order valence-corrected chi connectivity index (χ4v) is 3.71. The summed E-state index contributed by atoms with van der Waals surface area (Å²) < 4.78 is 41.6. The smallest absolute Gasteiger partial charge is 0.425 e. The minimum absolute atomic E-state index is 0.0587. The Morgan fingerprint density at radius 3 is 2.17 bits per heavy atom. The molecule has 0 amide bonds. The van der Waals surface area contributed by atoms with Gasteiger partial charge in [-0.2, -0.15) is 13.2 Å². The van der Waals surface area contributed by atoms with Gasteiger partial charge in [0.15, 0.2) is 0 Å². The molecule has 0 spiro atoms. The molecular formula is C18H15F3O3. The van der Waals surface area contributed by atoms with Crippen LogP contribution in [0.1, 0.15) is 38.2 Å². The maximum atomic E-state index is 13.9. The molecule has 2 aromatic rings. The van der Waals surface area contributed by atoms with Crippen LogP contribution in [-0.4, -0.2) is 22.4 Å². The van der Waals surface area contributed by atoms with Crippen LogP contribution < -0.4 is 0 Å². The minimum atomic E-state index is -4.98. The van der Waals surface area contributed by atoms with Crippen LogP contribution in [0.4, 0.5) is 13.2 Å². The Labute approximate surface area is 136 Å². The lowest BCUT2D eigenvalue weighted by Gasteiger charge is -2.30. The Morgan fingerprint density at radius 2 is 1.62 bits per heavy atom. The van der Waals surface area contributed by atoms with Gasteiger partial charge in [-0.05, 0) is 48.6 Å². The van der Waals surface area contributed by atoms with E-state index in [0.717, 1.165) is 0 Å². The molecule has 24 heavy (non-hydrogen) atoms. The summed E-state index contributed by atoms with van der Waals surface area (Å²) in [6.45, 7) is 4.47. The molecule has 0 fully saturated rings. The highest BCUT2D eigenvalue weighted by Crippen LogP contribution is 2.57. The monoisotopic (exact) mass is 336 g/mol. The summed E-state index contributed by atoms with van der Waals surface area (Å²) in [5.74, 6) is -1.31. The first-order valence-electron chi connectivity index (χ1n) is 7.30. The van der Waals surface area contributed by atoms with Crippen LogP contribution in [0.5, 0.6) is 0 Å². The molecule has 0 bridgehead atoms. The molecular weight excluding hydrogens is 321 g/mol. The first-order chi connectivity index (χ1) is 11.0. The Morgan fingerprint density at radius 1 is 1.04 bits per heavy atom. The van der Waals surface area contributed by atoms with E-state index in [1.54, 1.807) is 19.9 Å². The highest BCUT2D eigenvalue weighted by atomic mass is 19.4. The third-order valence-corrected chi connectivity index (χ3v) is 4.88. The molecule has 1 aliphatic rings. The topological polar surface area (TPSA) is 57.5 Å². The van der Waals surface area contributed by atoms with Gasteiger partial charge in [0, 0.05) is 11.1 Å². The summed E-state index contributed by atoms with van der Waals surface area (Å²) in [6, 6.07) is 5.78. The summed E-state index contributed by atoms with van der Waals surface area (Å²) in [5, 5.41) is 20.1. The van der Waals surface area contributed by atoms with E-state index >= 15 is 0 Å². The first-order valence-corrected chi connectivity index (χ1v) is 7.30. The summed E-state index contributed by atoms with van der Waals surface area (Å²) in [4.78, 5) is 11.6. The maximum Gasteiger partial charge on any atom is 0.425 e. The Bertz CT molecular complexity index is 884. The third kappa shape index (κ3) is 1.80. The standard InChI is InChI=1S/C18H15F3O3/c1-8-9(2)14-11-6-4-5-7-12(11)17(24,18(19,20)21)15(14)10(3)13(8)16(22)23/h4-7,24H,1-3H3,(H,22,23). The van der Waals surface area contributed by atoms with Crippen LogP contribution in [0.3, 0.4) is 0 Å². The summed E-state index contributed by atoms with van der Waals surface area (Å²) in [6.07, 6.45) is -4.98. The van der Waals surface area contributed by atoms with Crippen LogP contribution in [0.2, 0.25) is 0 Å². The number of benzene rings is 2. The third-order valence-electron chi connectivity index (χ3n) is 4.88. The van der Waals surface area contributed by atoms with E-state index in [4.69, 9.17) is 0 Å². The van der Waals surface area contributed by atoms with Crippen molar-refractivity contribution in [2.24, 2.45) is 0 Å². The number of hydrogen-bond donors (Lipinski definition) is 2. The van der Waals surface area contributed by atoms with E-state index in [1.165, 1.54) is 25.1 Å². The maximum absolute atomic E-state index is 13.9. The fourth-order valence-electron chi connectivity index (χ4n) is 3.71. The fraction of sp³-hybridized carbons (Fsp3) is 0.278. The van der Waals surface area contributed by atoms with Crippen molar-refractivity contribution < 1.29 is 28.2 Å². The number of alkyl halides is 3. The first kappa shape index (κ1) is 16.5. The molecule has 0 radical (unpaired) electrons. The Hall–Kier alpha value is -2.34. The van der Waals surface area contributed by atoms with Gasteiger partial charge in [0.25, 0.3) is 0 Å². The van der Waals surface area contributed by atoms with Crippen molar-refractivity contribution in [2.45, 2.75) is 32.5 Å². The highest BCUT2D eigenvalue weighted by Gasteiger charge is 2.62. The second-order valence-corrected chi connectivity index (χ2v) is 6.06. The Balaban J connectivity index is 2.58. The number of aliphatic hydroxyl groups is 1. The SMILES string of the molecule is Cc1c(C)c2c(c(C)c1C(=O)O)C(O)(C(F)(F)F)c1ccccc1-2. The number of fused-ring (bicyclic) bond motifs is 3. The van der Waals surface area contributed by atoms with Crippen molar-refractivity contribution in [3.8, 4) is 11.1 Å². The van der Waals surface area contributed by atoms with Gasteiger partial charge in [-0.3, -0.25) is 0 Å². The quantitative estimate of drug-likeness (QED) is 0.825. The normalized spacial score (nSPS) is 19.1. The van der Waals surface area contributed by atoms with Gasteiger partial charge in [0.2, 0.25) is 5.60 Å². The van der Waals surface area contributed by atoms with Crippen molar-refractivity contribution in [3.05, 3.63) is 57.6 Å². The molecule has 2 N–H and O–H groups in total. The van der Waals surface area contributed by atoms with Crippen LogP contribution in [0.15, 0.2) is 24.3 Å². The lowest BCUT2D eigenvalue weighted by atomic mass is 9.83. The molecule has 6 heteroatoms.